The summed E-state index contributed by atoms with van der Waals surface area (Å²) >= 11 is 0. The molecular formula is C11H22N2O2. The van der Waals surface area contributed by atoms with E-state index in [1.165, 1.54) is 0 Å². The predicted molar refractivity (Wildman–Crippen MR) is 59.7 cm³/mol. The Morgan fingerprint density at radius 2 is 2.13 bits per heavy atom. The molecule has 1 fully saturated rings. The van der Waals surface area contributed by atoms with Crippen LogP contribution in [0.1, 0.15) is 26.7 Å². The third-order valence-corrected chi connectivity index (χ3v) is 2.87. The molecule has 0 aromatic rings. The molecule has 0 spiro atoms. The van der Waals surface area contributed by atoms with Crippen LogP contribution in [0, 0.1) is 5.92 Å². The number of hydrogen-bond acceptors (Lipinski definition) is 4. The van der Waals surface area contributed by atoms with Crippen molar-refractivity contribution in [3.63, 3.8) is 0 Å². The van der Waals surface area contributed by atoms with Crippen molar-refractivity contribution in [1.82, 2.24) is 10.6 Å². The minimum atomic E-state index is -0.0487. The zero-order valence-electron chi connectivity index (χ0n) is 9.71. The van der Waals surface area contributed by atoms with E-state index >= 15 is 0 Å². The normalized spacial score (nSPS) is 21.7. The minimum Gasteiger partial charge on any atom is -0.464 e. The molecule has 0 unspecified atom stereocenters. The van der Waals surface area contributed by atoms with Gasteiger partial charge in [-0.15, -0.1) is 0 Å². The predicted octanol–water partition coefficient (Wildman–Crippen LogP) is 0.527. The van der Waals surface area contributed by atoms with Crippen molar-refractivity contribution < 1.29 is 9.53 Å². The fraction of sp³-hybridized carbons (Fsp3) is 0.909. The average molecular weight is 214 g/mol. The van der Waals surface area contributed by atoms with Crippen LogP contribution in [0.15, 0.2) is 0 Å². The highest BCUT2D eigenvalue weighted by atomic mass is 16.5. The van der Waals surface area contributed by atoms with Gasteiger partial charge in [0.1, 0.15) is 6.61 Å². The van der Waals surface area contributed by atoms with Crippen molar-refractivity contribution in [1.29, 1.82) is 0 Å². The summed E-state index contributed by atoms with van der Waals surface area (Å²) in [4.78, 5) is 11.6. The van der Waals surface area contributed by atoms with Gasteiger partial charge in [-0.25, -0.2) is 0 Å². The highest BCUT2D eigenvalue weighted by molar-refractivity contribution is 5.72. The van der Waals surface area contributed by atoms with Gasteiger partial charge in [-0.3, -0.25) is 4.79 Å². The van der Waals surface area contributed by atoms with Gasteiger partial charge in [0.2, 0.25) is 0 Å². The second kappa shape index (κ2) is 6.80. The Kier molecular flexibility index (Phi) is 5.65. The number of ether oxygens (including phenoxy) is 1. The first-order valence-corrected chi connectivity index (χ1v) is 5.88. The molecule has 1 heterocycles. The fourth-order valence-corrected chi connectivity index (χ4v) is 1.75. The van der Waals surface area contributed by atoms with Gasteiger partial charge >= 0.3 is 5.97 Å². The van der Waals surface area contributed by atoms with E-state index in [1.807, 2.05) is 13.8 Å². The van der Waals surface area contributed by atoms with Gasteiger partial charge in [0.15, 0.2) is 0 Å². The Hall–Kier alpha value is -0.610. The Morgan fingerprint density at radius 3 is 2.67 bits per heavy atom. The first-order valence-electron chi connectivity index (χ1n) is 5.88. The maximum absolute atomic E-state index is 11.6. The summed E-state index contributed by atoms with van der Waals surface area (Å²) in [5.74, 6) is 0.0222. The molecule has 88 valence electrons. The van der Waals surface area contributed by atoms with Crippen LogP contribution in [0.25, 0.3) is 0 Å². The van der Waals surface area contributed by atoms with Gasteiger partial charge in [-0.2, -0.15) is 0 Å². The van der Waals surface area contributed by atoms with Gasteiger partial charge in [0, 0.05) is 19.6 Å². The lowest BCUT2D eigenvalue weighted by molar-refractivity contribution is -0.149. The molecule has 15 heavy (non-hydrogen) atoms. The lowest BCUT2D eigenvalue weighted by atomic mass is 10.0. The van der Waals surface area contributed by atoms with Crippen LogP contribution >= 0.6 is 0 Å². The number of carbonyl (C=O) groups excluding carboxylic acids is 1. The third-order valence-electron chi connectivity index (χ3n) is 2.87. The summed E-state index contributed by atoms with van der Waals surface area (Å²) in [6.07, 6.45) is 1.73. The second-order valence-corrected chi connectivity index (χ2v) is 4.00. The van der Waals surface area contributed by atoms with E-state index in [9.17, 15) is 4.79 Å². The lowest BCUT2D eigenvalue weighted by Crippen LogP contribution is -2.50. The van der Waals surface area contributed by atoms with Gasteiger partial charge < -0.3 is 15.4 Å². The molecule has 4 heteroatoms. The van der Waals surface area contributed by atoms with Crippen molar-refractivity contribution >= 4 is 5.97 Å². The number of esters is 1. The maximum Gasteiger partial charge on any atom is 0.308 e. The summed E-state index contributed by atoms with van der Waals surface area (Å²) in [6.45, 7) is 7.37. The molecule has 4 nitrogen and oxygen atoms in total. The molecule has 0 aromatic carbocycles. The van der Waals surface area contributed by atoms with Gasteiger partial charge in [-0.05, 0) is 12.8 Å². The van der Waals surface area contributed by atoms with Crippen LogP contribution in [0.3, 0.4) is 0 Å². The van der Waals surface area contributed by atoms with Crippen LogP contribution in [0.4, 0.5) is 0 Å². The second-order valence-electron chi connectivity index (χ2n) is 4.00. The van der Waals surface area contributed by atoms with Crippen molar-refractivity contribution in [2.75, 3.05) is 26.2 Å². The lowest BCUT2D eigenvalue weighted by Gasteiger charge is -2.24. The molecule has 2 N–H and O–H groups in total. The average Bonchev–Trinajstić information content (AvgIpc) is 2.29. The van der Waals surface area contributed by atoms with E-state index in [0.717, 1.165) is 32.5 Å². The van der Waals surface area contributed by atoms with Crippen molar-refractivity contribution in [2.45, 2.75) is 32.7 Å². The van der Waals surface area contributed by atoms with Gasteiger partial charge in [0.05, 0.1) is 12.0 Å². The molecule has 0 radical (unpaired) electrons. The standard InChI is InChI=1S/C11H22N2O2/c1-3-9(4-2)11(14)15-8-10-7-12-5-6-13-10/h9-10,12-13H,3-8H2,1-2H3/t10-/m1/s1. The van der Waals surface area contributed by atoms with Gasteiger partial charge in [-0.1, -0.05) is 13.8 Å². The number of rotatable bonds is 5. The Bertz CT molecular complexity index is 187. The topological polar surface area (TPSA) is 50.4 Å². The van der Waals surface area contributed by atoms with E-state index in [0.29, 0.717) is 6.61 Å². The molecule has 0 bridgehead atoms. The number of hydrogen-bond donors (Lipinski definition) is 2. The summed E-state index contributed by atoms with van der Waals surface area (Å²) in [7, 11) is 0. The number of carbonyl (C=O) groups is 1. The molecule has 1 atom stereocenters. The first-order chi connectivity index (χ1) is 7.27. The SMILES string of the molecule is CCC(CC)C(=O)OC[C@H]1CNCCN1. The molecule has 0 aromatic heterocycles. The van der Waals surface area contributed by atoms with Crippen LogP contribution < -0.4 is 10.6 Å². The molecule has 1 saturated heterocycles. The van der Waals surface area contributed by atoms with E-state index in [1.54, 1.807) is 0 Å². The molecule has 0 amide bonds. The fourth-order valence-electron chi connectivity index (χ4n) is 1.75. The molecular weight excluding hydrogens is 192 g/mol. The van der Waals surface area contributed by atoms with Gasteiger partial charge in [0.25, 0.3) is 0 Å². The number of piperazine rings is 1. The van der Waals surface area contributed by atoms with E-state index in [2.05, 4.69) is 10.6 Å². The zero-order valence-corrected chi connectivity index (χ0v) is 9.71. The highest BCUT2D eigenvalue weighted by Crippen LogP contribution is 2.09. The van der Waals surface area contributed by atoms with Crippen LogP contribution in [0.2, 0.25) is 0 Å². The monoisotopic (exact) mass is 214 g/mol. The molecule has 0 aliphatic carbocycles. The number of nitrogens with one attached hydrogen (secondary N) is 2. The zero-order chi connectivity index (χ0) is 11.1. The summed E-state index contributed by atoms with van der Waals surface area (Å²) in [5, 5.41) is 6.57. The largest absolute Gasteiger partial charge is 0.464 e. The van der Waals surface area contributed by atoms with E-state index in [4.69, 9.17) is 4.74 Å². The molecule has 0 saturated carbocycles. The molecule has 1 aliphatic heterocycles. The van der Waals surface area contributed by atoms with Crippen LogP contribution in [-0.2, 0) is 9.53 Å². The summed E-state index contributed by atoms with van der Waals surface area (Å²) < 4.78 is 5.28. The van der Waals surface area contributed by atoms with Crippen LogP contribution in [0.5, 0.6) is 0 Å². The quantitative estimate of drug-likeness (QED) is 0.655. The summed E-state index contributed by atoms with van der Waals surface area (Å²) in [5.41, 5.74) is 0. The van der Waals surface area contributed by atoms with Crippen molar-refractivity contribution in [2.24, 2.45) is 5.92 Å². The Labute approximate surface area is 91.8 Å². The smallest absolute Gasteiger partial charge is 0.308 e. The van der Waals surface area contributed by atoms with Crippen molar-refractivity contribution in [3.05, 3.63) is 0 Å². The molecule has 1 aliphatic rings. The van der Waals surface area contributed by atoms with E-state index < -0.39 is 0 Å². The van der Waals surface area contributed by atoms with Crippen LogP contribution in [-0.4, -0.2) is 38.3 Å². The Balaban J connectivity index is 2.20. The third kappa shape index (κ3) is 4.18. The minimum absolute atomic E-state index is 0.0487. The maximum atomic E-state index is 11.6. The first kappa shape index (κ1) is 12.5. The van der Waals surface area contributed by atoms with Crippen molar-refractivity contribution in [3.8, 4) is 0 Å². The summed E-state index contributed by atoms with van der Waals surface area (Å²) in [6, 6.07) is 0.275. The molecule has 1 rings (SSSR count). The highest BCUT2D eigenvalue weighted by Gasteiger charge is 2.18. The van der Waals surface area contributed by atoms with E-state index in [-0.39, 0.29) is 17.9 Å². The Morgan fingerprint density at radius 1 is 1.40 bits per heavy atom.